The molecule has 104 valence electrons. The molecule has 1 aliphatic heterocycles. The second kappa shape index (κ2) is 6.45. The number of amides is 1. The van der Waals surface area contributed by atoms with Crippen LogP contribution < -0.4 is 0 Å². The Morgan fingerprint density at radius 3 is 2.61 bits per heavy atom. The standard InChI is InChI=1S/C13H23NO3S/c1-10(15)18-9-11-6-5-7-14(8-11)12(16)17-13(2,3)4/h11H,5-9H2,1-4H3/t11-/m1/s1. The third-order valence-corrected chi connectivity index (χ3v) is 3.74. The monoisotopic (exact) mass is 273 g/mol. The lowest BCUT2D eigenvalue weighted by molar-refractivity contribution is -0.109. The fraction of sp³-hybridized carbons (Fsp3) is 0.846. The molecule has 1 fully saturated rings. The summed E-state index contributed by atoms with van der Waals surface area (Å²) in [5.41, 5.74) is -0.446. The van der Waals surface area contributed by atoms with Gasteiger partial charge < -0.3 is 9.64 Å². The van der Waals surface area contributed by atoms with Gasteiger partial charge in [0.15, 0.2) is 5.12 Å². The molecule has 0 aromatic rings. The molecule has 0 saturated carbocycles. The van der Waals surface area contributed by atoms with Gasteiger partial charge in [0.1, 0.15) is 5.60 Å². The van der Waals surface area contributed by atoms with Crippen molar-refractivity contribution in [1.82, 2.24) is 4.90 Å². The van der Waals surface area contributed by atoms with Crippen molar-refractivity contribution in [2.24, 2.45) is 5.92 Å². The maximum atomic E-state index is 11.9. The van der Waals surface area contributed by atoms with Gasteiger partial charge in [-0.25, -0.2) is 4.79 Å². The highest BCUT2D eigenvalue weighted by molar-refractivity contribution is 8.13. The highest BCUT2D eigenvalue weighted by atomic mass is 32.2. The summed E-state index contributed by atoms with van der Waals surface area (Å²) in [6, 6.07) is 0. The molecular weight excluding hydrogens is 250 g/mol. The number of ether oxygens (including phenoxy) is 1. The van der Waals surface area contributed by atoms with Gasteiger partial charge in [0.05, 0.1) is 0 Å². The van der Waals surface area contributed by atoms with Crippen LogP contribution in [0.1, 0.15) is 40.5 Å². The first-order chi connectivity index (χ1) is 8.28. The molecular formula is C13H23NO3S. The fourth-order valence-corrected chi connectivity index (χ4v) is 2.67. The van der Waals surface area contributed by atoms with Crippen molar-refractivity contribution in [1.29, 1.82) is 0 Å². The minimum absolute atomic E-state index is 0.143. The third-order valence-electron chi connectivity index (χ3n) is 2.69. The van der Waals surface area contributed by atoms with Crippen LogP contribution in [0.3, 0.4) is 0 Å². The molecule has 0 aromatic heterocycles. The normalized spacial score (nSPS) is 20.7. The van der Waals surface area contributed by atoms with E-state index in [0.717, 1.165) is 25.1 Å². The molecule has 1 heterocycles. The molecule has 0 radical (unpaired) electrons. The summed E-state index contributed by atoms with van der Waals surface area (Å²) in [7, 11) is 0. The van der Waals surface area contributed by atoms with Crippen molar-refractivity contribution < 1.29 is 14.3 Å². The second-order valence-electron chi connectivity index (χ2n) is 5.74. The van der Waals surface area contributed by atoms with Crippen molar-refractivity contribution in [2.45, 2.75) is 46.1 Å². The maximum absolute atomic E-state index is 11.9. The van der Waals surface area contributed by atoms with Gasteiger partial charge in [0.25, 0.3) is 0 Å². The summed E-state index contributed by atoms with van der Waals surface area (Å²) >= 11 is 1.35. The van der Waals surface area contributed by atoms with Crippen LogP contribution in [0.25, 0.3) is 0 Å². The quantitative estimate of drug-likeness (QED) is 0.776. The largest absolute Gasteiger partial charge is 0.444 e. The van der Waals surface area contributed by atoms with Gasteiger partial charge in [-0.05, 0) is 39.5 Å². The molecule has 1 aliphatic rings. The second-order valence-corrected chi connectivity index (χ2v) is 6.93. The topological polar surface area (TPSA) is 46.6 Å². The highest BCUT2D eigenvalue weighted by Gasteiger charge is 2.27. The first-order valence-electron chi connectivity index (χ1n) is 6.39. The van der Waals surface area contributed by atoms with Crippen LogP contribution >= 0.6 is 11.8 Å². The molecule has 1 rings (SSSR count). The number of likely N-dealkylation sites (tertiary alicyclic amines) is 1. The Morgan fingerprint density at radius 1 is 1.39 bits per heavy atom. The van der Waals surface area contributed by atoms with E-state index in [0.29, 0.717) is 12.5 Å². The van der Waals surface area contributed by atoms with Gasteiger partial charge in [-0.2, -0.15) is 0 Å². The number of thioether (sulfide) groups is 1. The fourth-order valence-electron chi connectivity index (χ4n) is 1.93. The molecule has 0 bridgehead atoms. The lowest BCUT2D eigenvalue weighted by Gasteiger charge is -2.33. The summed E-state index contributed by atoms with van der Waals surface area (Å²) in [4.78, 5) is 24.6. The molecule has 0 unspecified atom stereocenters. The van der Waals surface area contributed by atoms with Gasteiger partial charge in [-0.15, -0.1) is 0 Å². The Bertz CT molecular complexity index is 312. The average Bonchev–Trinajstić information content (AvgIpc) is 2.24. The number of carbonyl (C=O) groups excluding carboxylic acids is 2. The number of nitrogens with zero attached hydrogens (tertiary/aromatic N) is 1. The Morgan fingerprint density at radius 2 is 2.06 bits per heavy atom. The maximum Gasteiger partial charge on any atom is 0.410 e. The molecule has 0 aromatic carbocycles. The van der Waals surface area contributed by atoms with Gasteiger partial charge >= 0.3 is 6.09 Å². The number of rotatable bonds is 2. The van der Waals surface area contributed by atoms with Crippen LogP contribution in [-0.4, -0.2) is 40.6 Å². The smallest absolute Gasteiger partial charge is 0.410 e. The molecule has 0 aliphatic carbocycles. The average molecular weight is 273 g/mol. The predicted molar refractivity (Wildman–Crippen MR) is 73.7 cm³/mol. The minimum Gasteiger partial charge on any atom is -0.444 e. The van der Waals surface area contributed by atoms with E-state index < -0.39 is 5.60 Å². The van der Waals surface area contributed by atoms with E-state index in [-0.39, 0.29) is 11.2 Å². The van der Waals surface area contributed by atoms with E-state index in [9.17, 15) is 9.59 Å². The van der Waals surface area contributed by atoms with E-state index in [2.05, 4.69) is 0 Å². The van der Waals surface area contributed by atoms with Crippen LogP contribution in [0.2, 0.25) is 0 Å². The predicted octanol–water partition coefficient (Wildman–Crippen LogP) is 2.91. The summed E-state index contributed by atoms with van der Waals surface area (Å²) < 4.78 is 5.36. The minimum atomic E-state index is -0.446. The highest BCUT2D eigenvalue weighted by Crippen LogP contribution is 2.22. The molecule has 0 N–H and O–H groups in total. The zero-order valence-corrected chi connectivity index (χ0v) is 12.5. The van der Waals surface area contributed by atoms with Gasteiger partial charge in [0.2, 0.25) is 0 Å². The number of piperidine rings is 1. The van der Waals surface area contributed by atoms with Crippen molar-refractivity contribution in [2.75, 3.05) is 18.8 Å². The number of carbonyl (C=O) groups is 2. The van der Waals surface area contributed by atoms with Crippen molar-refractivity contribution >= 4 is 23.0 Å². The van der Waals surface area contributed by atoms with Gasteiger partial charge in [0, 0.05) is 25.8 Å². The first kappa shape index (κ1) is 15.3. The summed E-state index contributed by atoms with van der Waals surface area (Å²) in [5, 5.41) is 0.143. The van der Waals surface area contributed by atoms with E-state index in [1.54, 1.807) is 11.8 Å². The van der Waals surface area contributed by atoms with E-state index >= 15 is 0 Å². The Balaban J connectivity index is 2.43. The van der Waals surface area contributed by atoms with Crippen LogP contribution in [-0.2, 0) is 9.53 Å². The van der Waals surface area contributed by atoms with E-state index in [1.165, 1.54) is 11.8 Å². The summed E-state index contributed by atoms with van der Waals surface area (Å²) in [6.07, 6.45) is 1.84. The lowest BCUT2D eigenvalue weighted by Crippen LogP contribution is -2.43. The number of hydrogen-bond donors (Lipinski definition) is 0. The molecule has 18 heavy (non-hydrogen) atoms. The zero-order valence-electron chi connectivity index (χ0n) is 11.7. The van der Waals surface area contributed by atoms with Crippen molar-refractivity contribution in [3.8, 4) is 0 Å². The molecule has 1 amide bonds. The van der Waals surface area contributed by atoms with Crippen molar-refractivity contribution in [3.63, 3.8) is 0 Å². The molecule has 1 atom stereocenters. The first-order valence-corrected chi connectivity index (χ1v) is 7.38. The van der Waals surface area contributed by atoms with Crippen LogP contribution in [0.4, 0.5) is 4.79 Å². The summed E-state index contributed by atoms with van der Waals surface area (Å²) in [6.45, 7) is 8.66. The Hall–Kier alpha value is -0.710. The van der Waals surface area contributed by atoms with Crippen LogP contribution in [0.5, 0.6) is 0 Å². The SMILES string of the molecule is CC(=O)SC[C@@H]1CCCN(C(=O)OC(C)(C)C)C1. The van der Waals surface area contributed by atoms with Crippen LogP contribution in [0.15, 0.2) is 0 Å². The molecule has 4 nitrogen and oxygen atoms in total. The molecule has 1 saturated heterocycles. The Labute approximate surface area is 113 Å². The van der Waals surface area contributed by atoms with E-state index in [4.69, 9.17) is 4.74 Å². The van der Waals surface area contributed by atoms with Crippen LogP contribution in [0, 0.1) is 5.92 Å². The Kier molecular flexibility index (Phi) is 5.50. The van der Waals surface area contributed by atoms with Gasteiger partial charge in [-0.1, -0.05) is 11.8 Å². The van der Waals surface area contributed by atoms with Gasteiger partial charge in [-0.3, -0.25) is 4.79 Å². The number of hydrogen-bond acceptors (Lipinski definition) is 4. The molecule has 0 spiro atoms. The third kappa shape index (κ3) is 5.76. The lowest BCUT2D eigenvalue weighted by atomic mass is 10.0. The molecule has 5 heteroatoms. The van der Waals surface area contributed by atoms with Crippen molar-refractivity contribution in [3.05, 3.63) is 0 Å². The zero-order chi connectivity index (χ0) is 13.8. The van der Waals surface area contributed by atoms with E-state index in [1.807, 2.05) is 20.8 Å². The summed E-state index contributed by atoms with van der Waals surface area (Å²) in [5.74, 6) is 1.20.